The maximum Gasteiger partial charge on any atom is 0.240 e. The predicted octanol–water partition coefficient (Wildman–Crippen LogP) is 2.57. The first-order valence-corrected chi connectivity index (χ1v) is 7.51. The summed E-state index contributed by atoms with van der Waals surface area (Å²) >= 11 is 0. The standard InChI is InChI=1S/C18H19N3O3/c1-13-6-8-15(9-7-13)20-17(23)10-11-18(24)21-19-12-14-4-2-3-5-16(14)22/h2-9,12,22H,10-11H2,1H3,(H,20,23)(H,21,24)/b19-12-. The van der Waals surface area contributed by atoms with Crippen molar-refractivity contribution in [3.63, 3.8) is 0 Å². The zero-order chi connectivity index (χ0) is 17.4. The molecular weight excluding hydrogens is 306 g/mol. The van der Waals surface area contributed by atoms with Crippen LogP contribution in [0.15, 0.2) is 53.6 Å². The van der Waals surface area contributed by atoms with Gasteiger partial charge in [0.1, 0.15) is 5.75 Å². The minimum Gasteiger partial charge on any atom is -0.507 e. The number of carbonyl (C=O) groups is 2. The van der Waals surface area contributed by atoms with Crippen LogP contribution >= 0.6 is 0 Å². The van der Waals surface area contributed by atoms with Crippen molar-refractivity contribution in [2.75, 3.05) is 5.32 Å². The van der Waals surface area contributed by atoms with Gasteiger partial charge in [-0.1, -0.05) is 29.8 Å². The molecular formula is C18H19N3O3. The molecule has 0 fully saturated rings. The summed E-state index contributed by atoms with van der Waals surface area (Å²) in [5.74, 6) is -0.535. The van der Waals surface area contributed by atoms with E-state index in [1.165, 1.54) is 12.3 Å². The van der Waals surface area contributed by atoms with Gasteiger partial charge in [0, 0.05) is 24.1 Å². The molecule has 6 heteroatoms. The van der Waals surface area contributed by atoms with Crippen molar-refractivity contribution in [1.82, 2.24) is 5.43 Å². The van der Waals surface area contributed by atoms with Gasteiger partial charge in [0.2, 0.25) is 11.8 Å². The third kappa shape index (κ3) is 5.57. The minimum absolute atomic E-state index is 0.0236. The van der Waals surface area contributed by atoms with Gasteiger partial charge in [-0.05, 0) is 31.2 Å². The largest absolute Gasteiger partial charge is 0.507 e. The molecule has 2 aromatic carbocycles. The number of phenolic OH excluding ortho intramolecular Hbond substituents is 1. The minimum atomic E-state index is -0.374. The molecule has 3 N–H and O–H groups in total. The smallest absolute Gasteiger partial charge is 0.240 e. The lowest BCUT2D eigenvalue weighted by atomic mass is 10.2. The fourth-order valence-electron chi connectivity index (χ4n) is 1.91. The summed E-state index contributed by atoms with van der Waals surface area (Å²) in [7, 11) is 0. The second-order valence-electron chi connectivity index (χ2n) is 5.27. The van der Waals surface area contributed by atoms with Gasteiger partial charge < -0.3 is 10.4 Å². The Hall–Kier alpha value is -3.15. The lowest BCUT2D eigenvalue weighted by Crippen LogP contribution is -2.20. The van der Waals surface area contributed by atoms with Gasteiger partial charge in [-0.3, -0.25) is 9.59 Å². The van der Waals surface area contributed by atoms with E-state index in [4.69, 9.17) is 0 Å². The Bertz CT molecular complexity index is 739. The molecule has 0 radical (unpaired) electrons. The van der Waals surface area contributed by atoms with Gasteiger partial charge in [-0.15, -0.1) is 0 Å². The lowest BCUT2D eigenvalue weighted by molar-refractivity contribution is -0.124. The molecule has 0 saturated heterocycles. The number of aryl methyl sites for hydroxylation is 1. The number of nitrogens with zero attached hydrogens (tertiary/aromatic N) is 1. The van der Waals surface area contributed by atoms with E-state index in [0.29, 0.717) is 11.3 Å². The van der Waals surface area contributed by atoms with Crippen LogP contribution in [-0.2, 0) is 9.59 Å². The molecule has 0 bridgehead atoms. The molecule has 6 nitrogen and oxygen atoms in total. The first-order chi connectivity index (χ1) is 11.5. The molecule has 0 heterocycles. The van der Waals surface area contributed by atoms with Gasteiger partial charge in [-0.25, -0.2) is 5.43 Å². The fraction of sp³-hybridized carbons (Fsp3) is 0.167. The summed E-state index contributed by atoms with van der Waals surface area (Å²) in [5.41, 5.74) is 4.62. The van der Waals surface area contributed by atoms with Crippen LogP contribution in [0, 0.1) is 6.92 Å². The number of nitrogens with one attached hydrogen (secondary N) is 2. The second kappa shape index (κ2) is 8.47. The van der Waals surface area contributed by atoms with Crippen molar-refractivity contribution in [2.24, 2.45) is 5.10 Å². The average Bonchev–Trinajstić information content (AvgIpc) is 2.57. The van der Waals surface area contributed by atoms with Crippen LogP contribution in [-0.4, -0.2) is 23.1 Å². The Morgan fingerprint density at radius 1 is 1.04 bits per heavy atom. The zero-order valence-corrected chi connectivity index (χ0v) is 13.3. The predicted molar refractivity (Wildman–Crippen MR) is 92.9 cm³/mol. The Morgan fingerprint density at radius 3 is 2.42 bits per heavy atom. The number of aromatic hydroxyl groups is 1. The number of anilines is 1. The number of carbonyl (C=O) groups excluding carboxylic acids is 2. The number of phenols is 1. The third-order valence-electron chi connectivity index (χ3n) is 3.24. The zero-order valence-electron chi connectivity index (χ0n) is 13.3. The van der Waals surface area contributed by atoms with Gasteiger partial charge in [0.25, 0.3) is 0 Å². The van der Waals surface area contributed by atoms with Crippen molar-refractivity contribution in [2.45, 2.75) is 19.8 Å². The number of hydrogen-bond donors (Lipinski definition) is 3. The maximum atomic E-state index is 11.8. The van der Waals surface area contributed by atoms with Crippen LogP contribution in [0.3, 0.4) is 0 Å². The van der Waals surface area contributed by atoms with E-state index in [1.54, 1.807) is 18.2 Å². The van der Waals surface area contributed by atoms with E-state index in [-0.39, 0.29) is 30.4 Å². The van der Waals surface area contributed by atoms with Crippen LogP contribution in [0.1, 0.15) is 24.0 Å². The van der Waals surface area contributed by atoms with Gasteiger partial charge in [0.05, 0.1) is 6.21 Å². The van der Waals surface area contributed by atoms with Crippen LogP contribution in [0.4, 0.5) is 5.69 Å². The van der Waals surface area contributed by atoms with Crippen molar-refractivity contribution < 1.29 is 14.7 Å². The van der Waals surface area contributed by atoms with E-state index in [1.807, 2.05) is 31.2 Å². The molecule has 24 heavy (non-hydrogen) atoms. The third-order valence-corrected chi connectivity index (χ3v) is 3.24. The molecule has 0 aliphatic heterocycles. The summed E-state index contributed by atoms with van der Waals surface area (Å²) in [6.45, 7) is 1.96. The van der Waals surface area contributed by atoms with Crippen molar-refractivity contribution in [3.05, 3.63) is 59.7 Å². The molecule has 0 saturated carbocycles. The number of para-hydroxylation sites is 1. The maximum absolute atomic E-state index is 11.8. The SMILES string of the molecule is Cc1ccc(NC(=O)CCC(=O)N/N=C\c2ccccc2O)cc1. The van der Waals surface area contributed by atoms with Crippen molar-refractivity contribution >= 4 is 23.7 Å². The summed E-state index contributed by atoms with van der Waals surface area (Å²) in [5, 5.41) is 16.0. The Morgan fingerprint density at radius 2 is 1.71 bits per heavy atom. The highest BCUT2D eigenvalue weighted by Gasteiger charge is 2.06. The van der Waals surface area contributed by atoms with E-state index >= 15 is 0 Å². The summed E-state index contributed by atoms with van der Waals surface area (Å²) in [4.78, 5) is 23.4. The van der Waals surface area contributed by atoms with Crippen LogP contribution in [0.5, 0.6) is 5.75 Å². The topological polar surface area (TPSA) is 90.8 Å². The fourth-order valence-corrected chi connectivity index (χ4v) is 1.91. The highest BCUT2D eigenvalue weighted by molar-refractivity contribution is 5.93. The molecule has 124 valence electrons. The van der Waals surface area contributed by atoms with Crippen LogP contribution in [0.25, 0.3) is 0 Å². The monoisotopic (exact) mass is 325 g/mol. The van der Waals surface area contributed by atoms with Crippen LogP contribution < -0.4 is 10.7 Å². The van der Waals surface area contributed by atoms with Crippen LogP contribution in [0.2, 0.25) is 0 Å². The number of amides is 2. The van der Waals surface area contributed by atoms with Gasteiger partial charge in [0.15, 0.2) is 0 Å². The number of benzene rings is 2. The molecule has 2 amide bonds. The summed E-state index contributed by atoms with van der Waals surface area (Å²) < 4.78 is 0. The molecule has 2 rings (SSSR count). The Balaban J connectivity index is 1.73. The second-order valence-corrected chi connectivity index (χ2v) is 5.27. The highest BCUT2D eigenvalue weighted by Crippen LogP contribution is 2.12. The average molecular weight is 325 g/mol. The summed E-state index contributed by atoms with van der Waals surface area (Å²) in [6, 6.07) is 14.1. The molecule has 0 aromatic heterocycles. The van der Waals surface area contributed by atoms with Gasteiger partial charge in [-0.2, -0.15) is 5.10 Å². The molecule has 0 spiro atoms. The number of hydrazone groups is 1. The summed E-state index contributed by atoms with van der Waals surface area (Å²) in [6.07, 6.45) is 1.43. The Kier molecular flexibility index (Phi) is 6.08. The molecule has 0 aliphatic rings. The van der Waals surface area contributed by atoms with Crippen molar-refractivity contribution in [1.29, 1.82) is 0 Å². The van der Waals surface area contributed by atoms with E-state index < -0.39 is 0 Å². The first-order valence-electron chi connectivity index (χ1n) is 7.51. The Labute approximate surface area is 140 Å². The van der Waals surface area contributed by atoms with Crippen molar-refractivity contribution in [3.8, 4) is 5.75 Å². The highest BCUT2D eigenvalue weighted by atomic mass is 16.3. The van der Waals surface area contributed by atoms with Gasteiger partial charge >= 0.3 is 0 Å². The quantitative estimate of drug-likeness (QED) is 0.563. The first kappa shape index (κ1) is 17.2. The molecule has 2 aromatic rings. The molecule has 0 unspecified atom stereocenters. The van der Waals surface area contributed by atoms with E-state index in [0.717, 1.165) is 5.56 Å². The molecule has 0 aliphatic carbocycles. The van der Waals surface area contributed by atoms with E-state index in [9.17, 15) is 14.7 Å². The normalized spacial score (nSPS) is 10.5. The number of hydrogen-bond acceptors (Lipinski definition) is 4. The number of rotatable bonds is 6. The molecule has 0 atom stereocenters. The van der Waals surface area contributed by atoms with E-state index in [2.05, 4.69) is 15.8 Å². The lowest BCUT2D eigenvalue weighted by Gasteiger charge is -2.05.